The lowest BCUT2D eigenvalue weighted by Crippen LogP contribution is -2.14. The molecule has 0 saturated heterocycles. The minimum Gasteiger partial charge on any atom is -0.322 e. The van der Waals surface area contributed by atoms with Crippen LogP contribution in [0.25, 0.3) is 0 Å². The van der Waals surface area contributed by atoms with E-state index < -0.39 is 0 Å². The van der Waals surface area contributed by atoms with Gasteiger partial charge in [0.05, 0.1) is 0 Å². The predicted molar refractivity (Wildman–Crippen MR) is 79.5 cm³/mol. The van der Waals surface area contributed by atoms with Gasteiger partial charge in [0.25, 0.3) is 5.91 Å². The maximum Gasteiger partial charge on any atom is 0.255 e. The van der Waals surface area contributed by atoms with Crippen molar-refractivity contribution in [3.63, 3.8) is 0 Å². The number of para-hydroxylation sites is 1. The zero-order chi connectivity index (χ0) is 14.5. The molecule has 1 N–H and O–H groups in total. The van der Waals surface area contributed by atoms with Crippen LogP contribution in [0.1, 0.15) is 34.8 Å². The maximum absolute atomic E-state index is 13.1. The quantitative estimate of drug-likeness (QED) is 0.880. The molecule has 2 nitrogen and oxygen atoms in total. The fraction of sp³-hybridized carbons (Fsp3) is 0.235. The molecule has 3 heteroatoms. The molecular formula is C17H18FNO. The molecule has 20 heavy (non-hydrogen) atoms. The molecule has 0 aliphatic carbocycles. The topological polar surface area (TPSA) is 29.1 Å². The highest BCUT2D eigenvalue weighted by Crippen LogP contribution is 2.19. The van der Waals surface area contributed by atoms with E-state index in [-0.39, 0.29) is 11.7 Å². The number of hydrogen-bond donors (Lipinski definition) is 1. The van der Waals surface area contributed by atoms with E-state index in [2.05, 4.69) is 12.2 Å². The number of amides is 1. The van der Waals surface area contributed by atoms with Gasteiger partial charge in [-0.05, 0) is 48.7 Å². The standard InChI is InChI=1S/C17H18FNO/c1-3-6-13-7-4-5-8-16(13)19-17(20)15-10-9-14(18)11-12(15)2/h4-5,7-11H,3,6H2,1-2H3,(H,19,20). The predicted octanol–water partition coefficient (Wildman–Crippen LogP) is 4.34. The highest BCUT2D eigenvalue weighted by Gasteiger charge is 2.11. The zero-order valence-corrected chi connectivity index (χ0v) is 11.7. The van der Waals surface area contributed by atoms with Gasteiger partial charge in [-0.25, -0.2) is 4.39 Å². The van der Waals surface area contributed by atoms with Crippen molar-refractivity contribution in [2.45, 2.75) is 26.7 Å². The van der Waals surface area contributed by atoms with Crippen molar-refractivity contribution in [2.75, 3.05) is 5.32 Å². The molecule has 0 spiro atoms. The lowest BCUT2D eigenvalue weighted by molar-refractivity contribution is 0.102. The minimum absolute atomic E-state index is 0.203. The van der Waals surface area contributed by atoms with Gasteiger partial charge in [0.1, 0.15) is 5.82 Å². The highest BCUT2D eigenvalue weighted by atomic mass is 19.1. The second-order valence-corrected chi connectivity index (χ2v) is 4.82. The third-order valence-corrected chi connectivity index (χ3v) is 3.22. The van der Waals surface area contributed by atoms with Crippen molar-refractivity contribution >= 4 is 11.6 Å². The van der Waals surface area contributed by atoms with E-state index in [0.29, 0.717) is 11.1 Å². The summed E-state index contributed by atoms with van der Waals surface area (Å²) >= 11 is 0. The lowest BCUT2D eigenvalue weighted by Gasteiger charge is -2.11. The van der Waals surface area contributed by atoms with Crippen LogP contribution in [-0.4, -0.2) is 5.91 Å². The van der Waals surface area contributed by atoms with Crippen LogP contribution in [0.3, 0.4) is 0 Å². The molecule has 0 radical (unpaired) electrons. The Morgan fingerprint density at radius 1 is 1.20 bits per heavy atom. The van der Waals surface area contributed by atoms with E-state index in [9.17, 15) is 9.18 Å². The summed E-state index contributed by atoms with van der Waals surface area (Å²) < 4.78 is 13.1. The van der Waals surface area contributed by atoms with Crippen LogP contribution in [0.2, 0.25) is 0 Å². The summed E-state index contributed by atoms with van der Waals surface area (Å²) in [7, 11) is 0. The Morgan fingerprint density at radius 3 is 2.65 bits per heavy atom. The number of anilines is 1. The van der Waals surface area contributed by atoms with Crippen LogP contribution in [0.4, 0.5) is 10.1 Å². The Balaban J connectivity index is 2.23. The summed E-state index contributed by atoms with van der Waals surface area (Å²) in [4.78, 5) is 12.3. The molecule has 104 valence electrons. The number of carbonyl (C=O) groups excluding carboxylic acids is 1. The van der Waals surface area contributed by atoms with Gasteiger partial charge in [-0.2, -0.15) is 0 Å². The monoisotopic (exact) mass is 271 g/mol. The zero-order valence-electron chi connectivity index (χ0n) is 11.7. The van der Waals surface area contributed by atoms with Gasteiger partial charge in [-0.3, -0.25) is 4.79 Å². The summed E-state index contributed by atoms with van der Waals surface area (Å²) in [5, 5.41) is 2.91. The first kappa shape index (κ1) is 14.3. The van der Waals surface area contributed by atoms with Crippen LogP contribution in [0.5, 0.6) is 0 Å². The molecule has 2 aromatic rings. The number of hydrogen-bond acceptors (Lipinski definition) is 1. The molecule has 0 aromatic heterocycles. The molecule has 0 unspecified atom stereocenters. The van der Waals surface area contributed by atoms with Gasteiger partial charge in [-0.15, -0.1) is 0 Å². The van der Waals surface area contributed by atoms with Gasteiger partial charge in [0, 0.05) is 11.3 Å². The Hall–Kier alpha value is -2.16. The smallest absolute Gasteiger partial charge is 0.255 e. The largest absolute Gasteiger partial charge is 0.322 e. The lowest BCUT2D eigenvalue weighted by atomic mass is 10.1. The Kier molecular flexibility index (Phi) is 4.51. The van der Waals surface area contributed by atoms with Crippen LogP contribution >= 0.6 is 0 Å². The number of aryl methyl sites for hydroxylation is 2. The molecule has 0 aliphatic rings. The van der Waals surface area contributed by atoms with Gasteiger partial charge >= 0.3 is 0 Å². The highest BCUT2D eigenvalue weighted by molar-refractivity contribution is 6.05. The van der Waals surface area contributed by atoms with Gasteiger partial charge in [0.15, 0.2) is 0 Å². The number of nitrogens with one attached hydrogen (secondary N) is 1. The molecule has 0 fully saturated rings. The average molecular weight is 271 g/mol. The number of halogens is 1. The van der Waals surface area contributed by atoms with Crippen molar-refractivity contribution in [1.29, 1.82) is 0 Å². The van der Waals surface area contributed by atoms with Gasteiger partial charge in [0.2, 0.25) is 0 Å². The SMILES string of the molecule is CCCc1ccccc1NC(=O)c1ccc(F)cc1C. The summed E-state index contributed by atoms with van der Waals surface area (Å²) in [5.41, 5.74) is 3.07. The number of rotatable bonds is 4. The first-order valence-electron chi connectivity index (χ1n) is 6.77. The summed E-state index contributed by atoms with van der Waals surface area (Å²) in [6.45, 7) is 3.83. The molecular weight excluding hydrogens is 253 g/mol. The van der Waals surface area contributed by atoms with Gasteiger partial charge < -0.3 is 5.32 Å². The minimum atomic E-state index is -0.328. The second kappa shape index (κ2) is 6.33. The average Bonchev–Trinajstić information content (AvgIpc) is 2.41. The van der Waals surface area contributed by atoms with Crippen LogP contribution in [-0.2, 0) is 6.42 Å². The second-order valence-electron chi connectivity index (χ2n) is 4.82. The molecule has 0 heterocycles. The first-order valence-corrected chi connectivity index (χ1v) is 6.77. The van der Waals surface area contributed by atoms with Crippen LogP contribution < -0.4 is 5.32 Å². The van der Waals surface area contributed by atoms with E-state index in [0.717, 1.165) is 24.1 Å². The molecule has 0 bridgehead atoms. The Morgan fingerprint density at radius 2 is 1.95 bits per heavy atom. The molecule has 1 amide bonds. The summed E-state index contributed by atoms with van der Waals surface area (Å²) in [6.07, 6.45) is 1.93. The molecule has 0 aliphatic heterocycles. The molecule has 2 aromatic carbocycles. The van der Waals surface area contributed by atoms with Crippen molar-refractivity contribution in [1.82, 2.24) is 0 Å². The van der Waals surface area contributed by atoms with Crippen molar-refractivity contribution in [2.24, 2.45) is 0 Å². The molecule has 0 atom stereocenters. The van der Waals surface area contributed by atoms with E-state index in [1.54, 1.807) is 6.92 Å². The van der Waals surface area contributed by atoms with Crippen molar-refractivity contribution < 1.29 is 9.18 Å². The Bertz CT molecular complexity index is 622. The normalized spacial score (nSPS) is 10.3. The van der Waals surface area contributed by atoms with Gasteiger partial charge in [-0.1, -0.05) is 31.5 Å². The third-order valence-electron chi connectivity index (χ3n) is 3.22. The third kappa shape index (κ3) is 3.23. The molecule has 0 saturated carbocycles. The summed E-state index contributed by atoms with van der Waals surface area (Å²) in [5.74, 6) is -0.531. The fourth-order valence-corrected chi connectivity index (χ4v) is 2.20. The van der Waals surface area contributed by atoms with E-state index in [4.69, 9.17) is 0 Å². The molecule has 2 rings (SSSR count). The van der Waals surface area contributed by atoms with Crippen molar-refractivity contribution in [3.05, 3.63) is 65.0 Å². The summed E-state index contributed by atoms with van der Waals surface area (Å²) in [6, 6.07) is 11.9. The number of benzene rings is 2. The van der Waals surface area contributed by atoms with Crippen LogP contribution in [0.15, 0.2) is 42.5 Å². The maximum atomic E-state index is 13.1. The van der Waals surface area contributed by atoms with Crippen molar-refractivity contribution in [3.8, 4) is 0 Å². The first-order chi connectivity index (χ1) is 9.61. The van der Waals surface area contributed by atoms with E-state index in [1.807, 2.05) is 24.3 Å². The number of carbonyl (C=O) groups is 1. The van der Waals surface area contributed by atoms with E-state index >= 15 is 0 Å². The fourth-order valence-electron chi connectivity index (χ4n) is 2.20. The van der Waals surface area contributed by atoms with Crippen LogP contribution in [0, 0.1) is 12.7 Å². The van der Waals surface area contributed by atoms with E-state index in [1.165, 1.54) is 18.2 Å². The Labute approximate surface area is 118 Å².